The summed E-state index contributed by atoms with van der Waals surface area (Å²) in [4.78, 5) is 14.5. The highest BCUT2D eigenvalue weighted by molar-refractivity contribution is 5.77. The Balaban J connectivity index is 1.94. The lowest BCUT2D eigenvalue weighted by Gasteiger charge is -2.25. The summed E-state index contributed by atoms with van der Waals surface area (Å²) in [7, 11) is 0. The maximum absolute atomic E-state index is 12.1. The molecule has 2 rings (SSSR count). The van der Waals surface area contributed by atoms with E-state index in [1.807, 2.05) is 20.8 Å². The predicted molar refractivity (Wildman–Crippen MR) is 70.1 cm³/mol. The first-order valence-electron chi connectivity index (χ1n) is 6.79. The summed E-state index contributed by atoms with van der Waals surface area (Å²) >= 11 is 0. The lowest BCUT2D eigenvalue weighted by atomic mass is 9.94. The molecular formula is C13H25N3O2. The molecule has 18 heavy (non-hydrogen) atoms. The number of fused-ring (bicyclic) bond motifs is 1. The van der Waals surface area contributed by atoms with Crippen LogP contribution in [0.2, 0.25) is 0 Å². The molecule has 2 fully saturated rings. The third kappa shape index (κ3) is 3.02. The van der Waals surface area contributed by atoms with Crippen LogP contribution in [-0.2, 0) is 9.53 Å². The second-order valence-electron chi connectivity index (χ2n) is 6.39. The Morgan fingerprint density at radius 3 is 2.78 bits per heavy atom. The number of hydrogen-bond acceptors (Lipinski definition) is 5. The van der Waals surface area contributed by atoms with Gasteiger partial charge in [-0.2, -0.15) is 0 Å². The predicted octanol–water partition coefficient (Wildman–Crippen LogP) is -0.193. The Morgan fingerprint density at radius 1 is 1.44 bits per heavy atom. The van der Waals surface area contributed by atoms with Crippen LogP contribution in [0.3, 0.4) is 0 Å². The van der Waals surface area contributed by atoms with E-state index >= 15 is 0 Å². The van der Waals surface area contributed by atoms with E-state index in [0.717, 1.165) is 26.2 Å². The van der Waals surface area contributed by atoms with Crippen LogP contribution in [0.15, 0.2) is 0 Å². The molecule has 0 amide bonds. The van der Waals surface area contributed by atoms with Crippen LogP contribution in [0.25, 0.3) is 0 Å². The third-order valence-corrected chi connectivity index (χ3v) is 3.70. The summed E-state index contributed by atoms with van der Waals surface area (Å²) in [5.74, 6) is 0.838. The van der Waals surface area contributed by atoms with Crippen LogP contribution in [0.4, 0.5) is 0 Å². The Morgan fingerprint density at radius 2 is 2.17 bits per heavy atom. The lowest BCUT2D eigenvalue weighted by Crippen LogP contribution is -2.43. The molecular weight excluding hydrogens is 230 g/mol. The van der Waals surface area contributed by atoms with E-state index in [1.54, 1.807) is 0 Å². The van der Waals surface area contributed by atoms with Crippen molar-refractivity contribution >= 4 is 5.97 Å². The van der Waals surface area contributed by atoms with Crippen LogP contribution in [0, 0.1) is 11.8 Å². The molecule has 3 unspecified atom stereocenters. The zero-order valence-electron chi connectivity index (χ0n) is 11.6. The van der Waals surface area contributed by atoms with Crippen molar-refractivity contribution in [2.75, 3.05) is 32.7 Å². The largest absolute Gasteiger partial charge is 0.459 e. The Kier molecular flexibility index (Phi) is 3.94. The highest BCUT2D eigenvalue weighted by atomic mass is 16.6. The fourth-order valence-electron chi connectivity index (χ4n) is 3.00. The number of ether oxygens (including phenoxy) is 1. The van der Waals surface area contributed by atoms with Crippen molar-refractivity contribution in [3.63, 3.8) is 0 Å². The normalized spacial score (nSPS) is 32.6. The van der Waals surface area contributed by atoms with Gasteiger partial charge < -0.3 is 20.7 Å². The monoisotopic (exact) mass is 255 g/mol. The molecule has 3 N–H and O–H groups in total. The van der Waals surface area contributed by atoms with Gasteiger partial charge in [0.2, 0.25) is 0 Å². The fraction of sp³-hybridized carbons (Fsp3) is 0.923. The second-order valence-corrected chi connectivity index (χ2v) is 6.39. The Hall–Kier alpha value is -0.650. The van der Waals surface area contributed by atoms with E-state index in [1.165, 1.54) is 0 Å². The van der Waals surface area contributed by atoms with Crippen LogP contribution >= 0.6 is 0 Å². The molecule has 5 nitrogen and oxygen atoms in total. The molecule has 2 heterocycles. The van der Waals surface area contributed by atoms with Crippen molar-refractivity contribution in [2.24, 2.45) is 17.6 Å². The quantitative estimate of drug-likeness (QED) is 0.684. The van der Waals surface area contributed by atoms with E-state index in [2.05, 4.69) is 10.2 Å². The average Bonchev–Trinajstić information content (AvgIpc) is 2.73. The SMILES string of the molecule is CC(C)(C)OC(=O)C1NCC2CN(CCN)CC21. The average molecular weight is 255 g/mol. The van der Waals surface area contributed by atoms with Crippen molar-refractivity contribution in [1.29, 1.82) is 0 Å². The number of nitrogens with two attached hydrogens (primary N) is 1. The molecule has 104 valence electrons. The number of nitrogens with zero attached hydrogens (tertiary/aromatic N) is 1. The zero-order valence-corrected chi connectivity index (χ0v) is 11.6. The molecule has 0 aliphatic carbocycles. The zero-order chi connectivity index (χ0) is 13.3. The van der Waals surface area contributed by atoms with Crippen molar-refractivity contribution in [1.82, 2.24) is 10.2 Å². The van der Waals surface area contributed by atoms with Crippen molar-refractivity contribution in [3.05, 3.63) is 0 Å². The smallest absolute Gasteiger partial charge is 0.324 e. The van der Waals surface area contributed by atoms with Crippen LogP contribution in [0.1, 0.15) is 20.8 Å². The summed E-state index contributed by atoms with van der Waals surface area (Å²) < 4.78 is 5.48. The summed E-state index contributed by atoms with van der Waals surface area (Å²) in [5.41, 5.74) is 5.18. The minimum absolute atomic E-state index is 0.107. The first-order valence-corrected chi connectivity index (χ1v) is 6.79. The number of hydrogen-bond donors (Lipinski definition) is 2. The minimum Gasteiger partial charge on any atom is -0.459 e. The number of rotatable bonds is 3. The highest BCUT2D eigenvalue weighted by Crippen LogP contribution is 2.31. The third-order valence-electron chi connectivity index (χ3n) is 3.70. The lowest BCUT2D eigenvalue weighted by molar-refractivity contribution is -0.158. The van der Waals surface area contributed by atoms with E-state index in [4.69, 9.17) is 10.5 Å². The van der Waals surface area contributed by atoms with Gasteiger partial charge in [0.05, 0.1) is 0 Å². The summed E-state index contributed by atoms with van der Waals surface area (Å²) in [6, 6.07) is -0.142. The van der Waals surface area contributed by atoms with Gasteiger partial charge in [0.1, 0.15) is 11.6 Å². The molecule has 3 atom stereocenters. The molecule has 0 saturated carbocycles. The summed E-state index contributed by atoms with van der Waals surface area (Å²) in [5, 5.41) is 3.31. The maximum atomic E-state index is 12.1. The molecule has 0 bridgehead atoms. The van der Waals surface area contributed by atoms with Gasteiger partial charge in [0.15, 0.2) is 0 Å². The van der Waals surface area contributed by atoms with E-state index in [9.17, 15) is 4.79 Å². The number of likely N-dealkylation sites (tertiary alicyclic amines) is 1. The van der Waals surface area contributed by atoms with E-state index in [0.29, 0.717) is 18.4 Å². The number of carbonyl (C=O) groups is 1. The Bertz CT molecular complexity index is 314. The molecule has 0 aromatic rings. The van der Waals surface area contributed by atoms with Crippen LogP contribution in [0.5, 0.6) is 0 Å². The summed E-state index contributed by atoms with van der Waals surface area (Å²) in [6.45, 7) is 10.3. The Labute approximate surface area is 109 Å². The van der Waals surface area contributed by atoms with E-state index < -0.39 is 5.60 Å². The van der Waals surface area contributed by atoms with Crippen LogP contribution in [-0.4, -0.2) is 55.2 Å². The summed E-state index contributed by atoms with van der Waals surface area (Å²) in [6.07, 6.45) is 0. The molecule has 5 heteroatoms. The minimum atomic E-state index is -0.410. The van der Waals surface area contributed by atoms with Gasteiger partial charge in [-0.1, -0.05) is 0 Å². The molecule has 2 aliphatic rings. The molecule has 0 spiro atoms. The second kappa shape index (κ2) is 5.15. The van der Waals surface area contributed by atoms with Crippen molar-refractivity contribution < 1.29 is 9.53 Å². The molecule has 0 radical (unpaired) electrons. The van der Waals surface area contributed by atoms with Crippen molar-refractivity contribution in [3.8, 4) is 0 Å². The van der Waals surface area contributed by atoms with Gasteiger partial charge in [-0.25, -0.2) is 0 Å². The topological polar surface area (TPSA) is 67.6 Å². The van der Waals surface area contributed by atoms with Crippen LogP contribution < -0.4 is 11.1 Å². The van der Waals surface area contributed by atoms with Gasteiger partial charge >= 0.3 is 5.97 Å². The molecule has 0 aromatic carbocycles. The molecule has 0 aromatic heterocycles. The molecule has 2 aliphatic heterocycles. The number of nitrogens with one attached hydrogen (secondary N) is 1. The fourth-order valence-corrected chi connectivity index (χ4v) is 3.00. The standard InChI is InChI=1S/C13H25N3O2/c1-13(2,3)18-12(17)11-10-8-16(5-4-14)7-9(10)6-15-11/h9-11,15H,4-8,14H2,1-3H3. The van der Waals surface area contributed by atoms with Crippen molar-refractivity contribution in [2.45, 2.75) is 32.4 Å². The highest BCUT2D eigenvalue weighted by Gasteiger charge is 2.46. The number of esters is 1. The van der Waals surface area contributed by atoms with Gasteiger partial charge in [0, 0.05) is 38.6 Å². The molecule has 2 saturated heterocycles. The van der Waals surface area contributed by atoms with Gasteiger partial charge in [-0.3, -0.25) is 4.79 Å². The maximum Gasteiger partial charge on any atom is 0.324 e. The first-order chi connectivity index (χ1) is 8.40. The first kappa shape index (κ1) is 13.8. The number of carbonyl (C=O) groups excluding carboxylic acids is 1. The van der Waals surface area contributed by atoms with E-state index in [-0.39, 0.29) is 12.0 Å². The van der Waals surface area contributed by atoms with Gasteiger partial charge in [-0.15, -0.1) is 0 Å². The van der Waals surface area contributed by atoms with Gasteiger partial charge in [-0.05, 0) is 26.7 Å². The van der Waals surface area contributed by atoms with Gasteiger partial charge in [0.25, 0.3) is 0 Å².